The summed E-state index contributed by atoms with van der Waals surface area (Å²) in [5.41, 5.74) is 5.48. The summed E-state index contributed by atoms with van der Waals surface area (Å²) in [5, 5.41) is 14.3. The van der Waals surface area contributed by atoms with Crippen molar-refractivity contribution in [2.24, 2.45) is 16.8 Å². The lowest BCUT2D eigenvalue weighted by atomic mass is 10.0. The third-order valence-corrected chi connectivity index (χ3v) is 3.82. The fourth-order valence-corrected chi connectivity index (χ4v) is 2.66. The van der Waals surface area contributed by atoms with Crippen LogP contribution in [0.5, 0.6) is 0 Å². The van der Waals surface area contributed by atoms with Crippen molar-refractivity contribution in [3.8, 4) is 0 Å². The zero-order valence-corrected chi connectivity index (χ0v) is 11.4. The van der Waals surface area contributed by atoms with E-state index in [2.05, 4.69) is 10.5 Å². The zero-order valence-electron chi connectivity index (χ0n) is 10.6. The van der Waals surface area contributed by atoms with E-state index in [1.54, 1.807) is 0 Å². The van der Waals surface area contributed by atoms with Crippen molar-refractivity contribution in [2.75, 3.05) is 0 Å². The first-order chi connectivity index (χ1) is 9.54. The number of carbonyl (C=O) groups excluding carboxylic acids is 1. The van der Waals surface area contributed by atoms with Crippen LogP contribution in [-0.4, -0.2) is 23.0 Å². The topological polar surface area (TPSA) is 87.7 Å². The quantitative estimate of drug-likeness (QED) is 0.346. The number of carbonyl (C=O) groups is 1. The summed E-state index contributed by atoms with van der Waals surface area (Å²) in [7, 11) is 0. The van der Waals surface area contributed by atoms with Gasteiger partial charge in [-0.05, 0) is 25.0 Å². The van der Waals surface area contributed by atoms with Gasteiger partial charge in [0.25, 0.3) is 5.91 Å². The Bertz CT molecular complexity index is 550. The Labute approximate surface area is 120 Å². The maximum atomic E-state index is 13.8. The van der Waals surface area contributed by atoms with E-state index >= 15 is 0 Å². The summed E-state index contributed by atoms with van der Waals surface area (Å²) in [4.78, 5) is 12.1. The Morgan fingerprint density at radius 1 is 1.50 bits per heavy atom. The number of halogens is 2. The summed E-state index contributed by atoms with van der Waals surface area (Å²) in [6, 6.07) is 3.99. The SMILES string of the molecule is N/C(=N/O)C1CCCC1NC(=O)c1cccc(Cl)c1F. The molecule has 2 unspecified atom stereocenters. The molecule has 108 valence electrons. The molecular formula is C13H15ClFN3O2. The molecule has 1 aromatic carbocycles. The van der Waals surface area contributed by atoms with Crippen molar-refractivity contribution in [3.63, 3.8) is 0 Å². The third kappa shape index (κ3) is 2.85. The van der Waals surface area contributed by atoms with Gasteiger partial charge in [-0.15, -0.1) is 0 Å². The van der Waals surface area contributed by atoms with E-state index in [1.165, 1.54) is 18.2 Å². The molecule has 0 radical (unpaired) electrons. The number of amides is 1. The predicted octanol–water partition coefficient (Wildman–Crippen LogP) is 2.12. The Balaban J connectivity index is 2.13. The Morgan fingerprint density at radius 3 is 2.95 bits per heavy atom. The van der Waals surface area contributed by atoms with E-state index in [-0.39, 0.29) is 28.4 Å². The second kappa shape index (κ2) is 6.09. The molecule has 2 rings (SSSR count). The van der Waals surface area contributed by atoms with Crippen LogP contribution in [0.1, 0.15) is 29.6 Å². The van der Waals surface area contributed by atoms with Crippen LogP contribution in [0.3, 0.4) is 0 Å². The molecule has 0 saturated heterocycles. The lowest BCUT2D eigenvalue weighted by molar-refractivity contribution is 0.0929. The number of rotatable bonds is 3. The molecule has 0 spiro atoms. The summed E-state index contributed by atoms with van der Waals surface area (Å²) >= 11 is 5.65. The minimum atomic E-state index is -0.745. The number of oxime groups is 1. The van der Waals surface area contributed by atoms with Crippen molar-refractivity contribution < 1.29 is 14.4 Å². The Kier molecular flexibility index (Phi) is 4.44. The number of nitrogens with two attached hydrogens (primary N) is 1. The van der Waals surface area contributed by atoms with E-state index in [4.69, 9.17) is 22.5 Å². The van der Waals surface area contributed by atoms with Crippen molar-refractivity contribution in [3.05, 3.63) is 34.6 Å². The highest BCUT2D eigenvalue weighted by Crippen LogP contribution is 2.26. The lowest BCUT2D eigenvalue weighted by Crippen LogP contribution is -2.42. The second-order valence-corrected chi connectivity index (χ2v) is 5.15. The highest BCUT2D eigenvalue weighted by atomic mass is 35.5. The highest BCUT2D eigenvalue weighted by molar-refractivity contribution is 6.31. The van der Waals surface area contributed by atoms with Gasteiger partial charge in [0.15, 0.2) is 5.82 Å². The first kappa shape index (κ1) is 14.6. The Morgan fingerprint density at radius 2 is 2.25 bits per heavy atom. The number of nitrogens with one attached hydrogen (secondary N) is 1. The van der Waals surface area contributed by atoms with Gasteiger partial charge in [0.1, 0.15) is 5.84 Å². The molecule has 1 aromatic rings. The molecule has 5 nitrogen and oxygen atoms in total. The summed E-state index contributed by atoms with van der Waals surface area (Å²) in [6.45, 7) is 0. The molecule has 0 aliphatic heterocycles. The molecule has 2 atom stereocenters. The van der Waals surface area contributed by atoms with E-state index in [0.29, 0.717) is 6.42 Å². The number of hydrogen-bond acceptors (Lipinski definition) is 3. The van der Waals surface area contributed by atoms with E-state index < -0.39 is 11.7 Å². The summed E-state index contributed by atoms with van der Waals surface area (Å²) in [6.07, 6.45) is 2.28. The van der Waals surface area contributed by atoms with E-state index in [1.807, 2.05) is 0 Å². The average Bonchev–Trinajstić information content (AvgIpc) is 2.89. The van der Waals surface area contributed by atoms with Gasteiger partial charge >= 0.3 is 0 Å². The molecular weight excluding hydrogens is 285 g/mol. The second-order valence-electron chi connectivity index (χ2n) is 4.74. The number of benzene rings is 1. The molecule has 0 heterocycles. The fourth-order valence-electron chi connectivity index (χ4n) is 2.49. The smallest absolute Gasteiger partial charge is 0.254 e. The van der Waals surface area contributed by atoms with Gasteiger partial charge in [-0.3, -0.25) is 4.79 Å². The van der Waals surface area contributed by atoms with Gasteiger partial charge in [-0.2, -0.15) is 0 Å². The van der Waals surface area contributed by atoms with Crippen molar-refractivity contribution >= 4 is 23.3 Å². The van der Waals surface area contributed by atoms with Crippen molar-refractivity contribution in [1.29, 1.82) is 0 Å². The zero-order chi connectivity index (χ0) is 14.7. The summed E-state index contributed by atoms with van der Waals surface area (Å²) in [5.74, 6) is -1.44. The van der Waals surface area contributed by atoms with Gasteiger partial charge in [0.2, 0.25) is 0 Å². The van der Waals surface area contributed by atoms with Gasteiger partial charge < -0.3 is 16.3 Å². The van der Waals surface area contributed by atoms with Gasteiger partial charge in [0, 0.05) is 12.0 Å². The van der Waals surface area contributed by atoms with Gasteiger partial charge in [-0.25, -0.2) is 4.39 Å². The van der Waals surface area contributed by atoms with Gasteiger partial charge in [-0.1, -0.05) is 29.2 Å². The lowest BCUT2D eigenvalue weighted by Gasteiger charge is -2.20. The van der Waals surface area contributed by atoms with Crippen molar-refractivity contribution in [1.82, 2.24) is 5.32 Å². The maximum absolute atomic E-state index is 13.8. The van der Waals surface area contributed by atoms with Crippen LogP contribution in [0.2, 0.25) is 5.02 Å². The normalized spacial score (nSPS) is 22.8. The summed E-state index contributed by atoms with van der Waals surface area (Å²) < 4.78 is 13.8. The molecule has 20 heavy (non-hydrogen) atoms. The highest BCUT2D eigenvalue weighted by Gasteiger charge is 2.32. The van der Waals surface area contributed by atoms with Crippen LogP contribution in [0.15, 0.2) is 23.4 Å². The van der Waals surface area contributed by atoms with Crippen molar-refractivity contribution in [2.45, 2.75) is 25.3 Å². The first-order valence-corrected chi connectivity index (χ1v) is 6.64. The van der Waals surface area contributed by atoms with E-state index in [0.717, 1.165) is 12.8 Å². The van der Waals surface area contributed by atoms with Crippen LogP contribution in [-0.2, 0) is 0 Å². The van der Waals surface area contributed by atoms with Crippen LogP contribution < -0.4 is 11.1 Å². The maximum Gasteiger partial charge on any atom is 0.254 e. The number of nitrogens with zero attached hydrogens (tertiary/aromatic N) is 1. The largest absolute Gasteiger partial charge is 0.409 e. The minimum Gasteiger partial charge on any atom is -0.409 e. The standard InChI is InChI=1S/C13H15ClFN3O2/c14-9-5-1-4-8(11(9)15)13(19)17-10-6-2-3-7(10)12(16)18-20/h1,4-5,7,10,20H,2-3,6H2,(H2,16,18)(H,17,19). The van der Waals surface area contributed by atoms with Crippen LogP contribution >= 0.6 is 11.6 Å². The van der Waals surface area contributed by atoms with Gasteiger partial charge in [0.05, 0.1) is 10.6 Å². The molecule has 0 aromatic heterocycles. The molecule has 4 N–H and O–H groups in total. The number of amidine groups is 1. The molecule has 1 fully saturated rings. The Hall–Kier alpha value is -1.82. The molecule has 7 heteroatoms. The monoisotopic (exact) mass is 299 g/mol. The van der Waals surface area contributed by atoms with Crippen LogP contribution in [0, 0.1) is 11.7 Å². The molecule has 0 bridgehead atoms. The number of hydrogen-bond donors (Lipinski definition) is 3. The molecule has 1 saturated carbocycles. The fraction of sp³-hybridized carbons (Fsp3) is 0.385. The molecule has 1 aliphatic rings. The first-order valence-electron chi connectivity index (χ1n) is 6.27. The van der Waals surface area contributed by atoms with Crippen LogP contribution in [0.25, 0.3) is 0 Å². The third-order valence-electron chi connectivity index (χ3n) is 3.52. The minimum absolute atomic E-state index is 0.0827. The van der Waals surface area contributed by atoms with E-state index in [9.17, 15) is 9.18 Å². The average molecular weight is 300 g/mol. The predicted molar refractivity (Wildman–Crippen MR) is 73.4 cm³/mol. The van der Waals surface area contributed by atoms with Crippen LogP contribution in [0.4, 0.5) is 4.39 Å². The molecule has 1 amide bonds. The molecule has 1 aliphatic carbocycles.